The zero-order valence-corrected chi connectivity index (χ0v) is 14.6. The van der Waals surface area contributed by atoms with Crippen LogP contribution in [0.15, 0.2) is 39.8 Å². The molecule has 0 amide bonds. The lowest BCUT2D eigenvalue weighted by Gasteiger charge is -2.13. The monoisotopic (exact) mass is 409 g/mol. The Morgan fingerprint density at radius 3 is 2.57 bits per heavy atom. The molecule has 2 aromatic rings. The minimum absolute atomic E-state index is 0.0163. The number of benzene rings is 1. The first-order valence-corrected chi connectivity index (χ1v) is 8.69. The van der Waals surface area contributed by atoms with Gasteiger partial charge in [-0.2, -0.15) is 0 Å². The fourth-order valence-corrected chi connectivity index (χ4v) is 3.71. The Kier molecular flexibility index (Phi) is 4.98. The highest BCUT2D eigenvalue weighted by Crippen LogP contribution is 2.37. The van der Waals surface area contributed by atoms with Crippen molar-refractivity contribution >= 4 is 60.7 Å². The van der Waals surface area contributed by atoms with Crippen LogP contribution in [0, 0.1) is 0 Å². The van der Waals surface area contributed by atoms with Gasteiger partial charge in [0.05, 0.1) is 15.7 Å². The summed E-state index contributed by atoms with van der Waals surface area (Å²) >= 11 is 15.2. The van der Waals surface area contributed by atoms with E-state index < -0.39 is 10.0 Å². The second-order valence-electron chi connectivity index (χ2n) is 3.93. The van der Waals surface area contributed by atoms with Crippen LogP contribution < -0.4 is 10.0 Å². The fraction of sp³-hybridized carbons (Fsp3) is 0.0833. The third-order valence-corrected chi connectivity index (χ3v) is 5.74. The quantitative estimate of drug-likeness (QED) is 0.747. The molecule has 0 spiro atoms. The standard InChI is InChI=1S/C12H10BrCl2N3O2S/c1-16-12-9(3-2-6-17-12)21(19,20)18-8-5-4-7(13)10(14)11(8)15/h2-6,18H,1H3,(H,16,17). The molecular weight excluding hydrogens is 401 g/mol. The Hall–Kier alpha value is -1.02. The van der Waals surface area contributed by atoms with Crippen molar-refractivity contribution in [1.29, 1.82) is 0 Å². The van der Waals surface area contributed by atoms with Crippen LogP contribution in [0.4, 0.5) is 11.5 Å². The van der Waals surface area contributed by atoms with Crippen molar-refractivity contribution in [3.05, 3.63) is 45.0 Å². The van der Waals surface area contributed by atoms with E-state index in [-0.39, 0.29) is 26.4 Å². The van der Waals surface area contributed by atoms with Crippen LogP contribution in [-0.2, 0) is 10.0 Å². The van der Waals surface area contributed by atoms with Gasteiger partial charge in [0.2, 0.25) is 0 Å². The molecule has 0 bridgehead atoms. The van der Waals surface area contributed by atoms with Crippen LogP contribution >= 0.6 is 39.1 Å². The average molecular weight is 411 g/mol. The van der Waals surface area contributed by atoms with Crippen molar-refractivity contribution in [2.75, 3.05) is 17.1 Å². The maximum absolute atomic E-state index is 12.4. The van der Waals surface area contributed by atoms with Gasteiger partial charge in [0, 0.05) is 17.7 Å². The largest absolute Gasteiger partial charge is 0.372 e. The number of hydrogen-bond donors (Lipinski definition) is 2. The summed E-state index contributed by atoms with van der Waals surface area (Å²) in [6, 6.07) is 6.10. The van der Waals surface area contributed by atoms with E-state index in [9.17, 15) is 8.42 Å². The summed E-state index contributed by atoms with van der Waals surface area (Å²) in [5.74, 6) is 0.240. The zero-order chi connectivity index (χ0) is 15.6. The van der Waals surface area contributed by atoms with E-state index in [1.54, 1.807) is 13.1 Å². The summed E-state index contributed by atoms with van der Waals surface area (Å²) in [4.78, 5) is 3.98. The topological polar surface area (TPSA) is 71.1 Å². The first kappa shape index (κ1) is 16.4. The number of rotatable bonds is 4. The van der Waals surface area contributed by atoms with Gasteiger partial charge in [0.1, 0.15) is 10.7 Å². The number of aromatic nitrogens is 1. The maximum Gasteiger partial charge on any atom is 0.265 e. The molecule has 2 rings (SSSR count). The Labute approximate surface area is 140 Å². The highest BCUT2D eigenvalue weighted by Gasteiger charge is 2.21. The van der Waals surface area contributed by atoms with Crippen molar-refractivity contribution in [2.24, 2.45) is 0 Å². The number of nitrogens with zero attached hydrogens (tertiary/aromatic N) is 1. The molecule has 21 heavy (non-hydrogen) atoms. The molecule has 1 aromatic carbocycles. The highest BCUT2D eigenvalue weighted by atomic mass is 79.9. The molecule has 2 N–H and O–H groups in total. The van der Waals surface area contributed by atoms with Crippen LogP contribution in [0.1, 0.15) is 0 Å². The second-order valence-corrected chi connectivity index (χ2v) is 7.19. The van der Waals surface area contributed by atoms with Crippen LogP contribution in [0.25, 0.3) is 0 Å². The van der Waals surface area contributed by atoms with Gasteiger partial charge in [-0.05, 0) is 40.2 Å². The number of hydrogen-bond acceptors (Lipinski definition) is 4. The maximum atomic E-state index is 12.4. The Balaban J connectivity index is 2.45. The molecule has 0 unspecified atom stereocenters. The third kappa shape index (κ3) is 3.42. The van der Waals surface area contributed by atoms with Gasteiger partial charge in [0.25, 0.3) is 10.0 Å². The minimum atomic E-state index is -3.84. The lowest BCUT2D eigenvalue weighted by molar-refractivity contribution is 0.601. The van der Waals surface area contributed by atoms with E-state index in [1.165, 1.54) is 24.4 Å². The van der Waals surface area contributed by atoms with Gasteiger partial charge in [-0.15, -0.1) is 0 Å². The molecular formula is C12H10BrCl2N3O2S. The van der Waals surface area contributed by atoms with Gasteiger partial charge in [-0.3, -0.25) is 4.72 Å². The minimum Gasteiger partial charge on any atom is -0.372 e. The van der Waals surface area contributed by atoms with Crippen molar-refractivity contribution in [3.8, 4) is 0 Å². The first-order chi connectivity index (χ1) is 9.86. The van der Waals surface area contributed by atoms with Crippen molar-refractivity contribution in [1.82, 2.24) is 4.98 Å². The first-order valence-electron chi connectivity index (χ1n) is 5.66. The van der Waals surface area contributed by atoms with Crippen molar-refractivity contribution < 1.29 is 8.42 Å². The summed E-state index contributed by atoms with van der Waals surface area (Å²) in [5.41, 5.74) is 0.191. The summed E-state index contributed by atoms with van der Waals surface area (Å²) in [5, 5.41) is 3.07. The van der Waals surface area contributed by atoms with Crippen molar-refractivity contribution in [3.63, 3.8) is 0 Å². The molecule has 0 aliphatic heterocycles. The van der Waals surface area contributed by atoms with E-state index >= 15 is 0 Å². The van der Waals surface area contributed by atoms with Crippen LogP contribution in [-0.4, -0.2) is 20.4 Å². The smallest absolute Gasteiger partial charge is 0.265 e. The summed E-state index contributed by atoms with van der Waals surface area (Å²) in [6.45, 7) is 0. The SMILES string of the molecule is CNc1ncccc1S(=O)(=O)Nc1ccc(Br)c(Cl)c1Cl. The van der Waals surface area contributed by atoms with Gasteiger partial charge >= 0.3 is 0 Å². The van der Waals surface area contributed by atoms with E-state index in [1.807, 2.05) is 0 Å². The lowest BCUT2D eigenvalue weighted by atomic mass is 10.3. The molecule has 0 atom stereocenters. The average Bonchev–Trinajstić information content (AvgIpc) is 2.48. The Morgan fingerprint density at radius 1 is 1.19 bits per heavy atom. The van der Waals surface area contributed by atoms with Gasteiger partial charge in [-0.25, -0.2) is 13.4 Å². The lowest BCUT2D eigenvalue weighted by Crippen LogP contribution is -2.15. The Bertz CT molecular complexity index is 784. The van der Waals surface area contributed by atoms with E-state index in [2.05, 4.69) is 31.0 Å². The second kappa shape index (κ2) is 6.39. The predicted octanol–water partition coefficient (Wildman–Crippen LogP) is 3.99. The number of nitrogens with one attached hydrogen (secondary N) is 2. The van der Waals surface area contributed by atoms with Gasteiger partial charge in [0.15, 0.2) is 0 Å². The van der Waals surface area contributed by atoms with E-state index in [4.69, 9.17) is 23.2 Å². The fourth-order valence-electron chi connectivity index (χ4n) is 1.60. The van der Waals surface area contributed by atoms with E-state index in [0.29, 0.717) is 4.47 Å². The van der Waals surface area contributed by atoms with Crippen LogP contribution in [0.5, 0.6) is 0 Å². The number of halogens is 3. The number of pyridine rings is 1. The van der Waals surface area contributed by atoms with Gasteiger partial charge < -0.3 is 5.32 Å². The summed E-state index contributed by atoms with van der Waals surface area (Å²) in [7, 11) is -2.25. The molecule has 0 fully saturated rings. The molecule has 112 valence electrons. The molecule has 0 aliphatic carbocycles. The van der Waals surface area contributed by atoms with E-state index in [0.717, 1.165) is 0 Å². The molecule has 0 aliphatic rings. The molecule has 0 saturated carbocycles. The van der Waals surface area contributed by atoms with Crippen molar-refractivity contribution in [2.45, 2.75) is 4.90 Å². The summed E-state index contributed by atoms with van der Waals surface area (Å²) in [6.07, 6.45) is 1.49. The zero-order valence-electron chi connectivity index (χ0n) is 10.7. The normalized spacial score (nSPS) is 11.2. The van der Waals surface area contributed by atoms with Gasteiger partial charge in [-0.1, -0.05) is 23.2 Å². The molecule has 1 aromatic heterocycles. The molecule has 1 heterocycles. The number of sulfonamides is 1. The van der Waals surface area contributed by atoms with Crippen LogP contribution in [0.2, 0.25) is 10.0 Å². The molecule has 0 radical (unpaired) electrons. The predicted molar refractivity (Wildman–Crippen MR) is 88.8 cm³/mol. The summed E-state index contributed by atoms with van der Waals surface area (Å²) < 4.78 is 27.8. The molecule has 9 heteroatoms. The Morgan fingerprint density at radius 2 is 1.90 bits per heavy atom. The highest BCUT2D eigenvalue weighted by molar-refractivity contribution is 9.10. The third-order valence-electron chi connectivity index (χ3n) is 2.58. The molecule has 5 nitrogen and oxygen atoms in total. The number of anilines is 2. The van der Waals surface area contributed by atoms with Crippen LogP contribution in [0.3, 0.4) is 0 Å². The molecule has 0 saturated heterocycles.